The molecule has 2 N–H and O–H groups in total. The van der Waals surface area contributed by atoms with Gasteiger partial charge >= 0.3 is 6.18 Å². The van der Waals surface area contributed by atoms with Crippen LogP contribution in [-0.4, -0.2) is 34.2 Å². The van der Waals surface area contributed by atoms with E-state index in [0.29, 0.717) is 18.1 Å². The van der Waals surface area contributed by atoms with Gasteiger partial charge in [-0.05, 0) is 43.2 Å². The normalized spacial score (nSPS) is 13.5. The number of hydrogen-bond donors (Lipinski definition) is 2. The van der Waals surface area contributed by atoms with Crippen LogP contribution in [0.4, 0.5) is 13.2 Å². The molecule has 0 radical (unpaired) electrons. The summed E-state index contributed by atoms with van der Waals surface area (Å²) in [5.74, 6) is 1.41. The molecule has 0 amide bonds. The molecule has 1 aromatic carbocycles. The number of aromatic nitrogens is 3. The van der Waals surface area contributed by atoms with Crippen LogP contribution in [0.1, 0.15) is 36.3 Å². The zero-order valence-corrected chi connectivity index (χ0v) is 16.2. The number of nitrogens with one attached hydrogen (secondary N) is 2. The van der Waals surface area contributed by atoms with Gasteiger partial charge < -0.3 is 10.6 Å². The van der Waals surface area contributed by atoms with Gasteiger partial charge in [0.05, 0.1) is 11.6 Å². The van der Waals surface area contributed by atoms with E-state index >= 15 is 0 Å². The van der Waals surface area contributed by atoms with Crippen molar-refractivity contribution in [1.29, 1.82) is 0 Å². The number of fused-ring (bicyclic) bond motifs is 1. The first-order chi connectivity index (χ1) is 13.9. The maximum atomic E-state index is 12.9. The average molecular weight is 404 g/mol. The fraction of sp³-hybridized carbons (Fsp3) is 0.350. The van der Waals surface area contributed by atoms with E-state index in [2.05, 4.69) is 25.8 Å². The van der Waals surface area contributed by atoms with Crippen molar-refractivity contribution in [3.05, 3.63) is 65.6 Å². The van der Waals surface area contributed by atoms with E-state index in [9.17, 15) is 13.2 Å². The molecule has 6 nitrogen and oxygen atoms in total. The van der Waals surface area contributed by atoms with Crippen molar-refractivity contribution in [1.82, 2.24) is 25.2 Å². The highest BCUT2D eigenvalue weighted by atomic mass is 19.4. The van der Waals surface area contributed by atoms with Crippen LogP contribution in [0.2, 0.25) is 0 Å². The molecule has 0 saturated heterocycles. The van der Waals surface area contributed by atoms with Gasteiger partial charge in [0.1, 0.15) is 5.82 Å². The van der Waals surface area contributed by atoms with Gasteiger partial charge in [-0.25, -0.2) is 0 Å². The largest absolute Gasteiger partial charge is 0.416 e. The van der Waals surface area contributed by atoms with Crippen LogP contribution in [0.15, 0.2) is 53.7 Å². The summed E-state index contributed by atoms with van der Waals surface area (Å²) >= 11 is 0. The van der Waals surface area contributed by atoms with Gasteiger partial charge in [-0.2, -0.15) is 13.2 Å². The molecule has 0 fully saturated rings. The fourth-order valence-corrected chi connectivity index (χ4v) is 2.98. The average Bonchev–Trinajstić information content (AvgIpc) is 3.12. The Hall–Kier alpha value is -3.10. The molecular formula is C20H23F3N6. The Kier molecular flexibility index (Phi) is 6.36. The third kappa shape index (κ3) is 5.24. The van der Waals surface area contributed by atoms with E-state index in [-0.39, 0.29) is 6.04 Å². The van der Waals surface area contributed by atoms with Gasteiger partial charge in [0, 0.05) is 26.2 Å². The van der Waals surface area contributed by atoms with Crippen LogP contribution < -0.4 is 10.6 Å². The number of aliphatic imine (C=N–C) groups is 1. The third-order valence-electron chi connectivity index (χ3n) is 4.54. The van der Waals surface area contributed by atoms with Gasteiger partial charge in [-0.3, -0.25) is 9.39 Å². The molecule has 154 valence electrons. The monoisotopic (exact) mass is 404 g/mol. The first-order valence-electron chi connectivity index (χ1n) is 9.31. The fourth-order valence-electron chi connectivity index (χ4n) is 2.98. The maximum Gasteiger partial charge on any atom is 0.416 e. The third-order valence-corrected chi connectivity index (χ3v) is 4.54. The Balaban J connectivity index is 1.51. The summed E-state index contributed by atoms with van der Waals surface area (Å²) in [5, 5.41) is 14.6. The molecule has 1 atom stereocenters. The summed E-state index contributed by atoms with van der Waals surface area (Å²) in [6.45, 7) is 2.43. The molecule has 0 saturated carbocycles. The predicted octanol–water partition coefficient (Wildman–Crippen LogP) is 3.61. The molecule has 2 heterocycles. The van der Waals surface area contributed by atoms with Crippen molar-refractivity contribution in [2.45, 2.75) is 32.0 Å². The number of alkyl halides is 3. The quantitative estimate of drug-likeness (QED) is 0.374. The lowest BCUT2D eigenvalue weighted by molar-refractivity contribution is -0.137. The molecule has 0 aliphatic rings. The van der Waals surface area contributed by atoms with E-state index in [1.54, 1.807) is 20.0 Å². The molecule has 0 bridgehead atoms. The second kappa shape index (κ2) is 8.93. The van der Waals surface area contributed by atoms with Gasteiger partial charge in [0.25, 0.3) is 0 Å². The van der Waals surface area contributed by atoms with E-state index in [1.165, 1.54) is 6.07 Å². The number of halogens is 3. The highest BCUT2D eigenvalue weighted by Gasteiger charge is 2.30. The van der Waals surface area contributed by atoms with Crippen molar-refractivity contribution in [3.8, 4) is 0 Å². The lowest BCUT2D eigenvalue weighted by atomic mass is 10.1. The van der Waals surface area contributed by atoms with Crippen LogP contribution >= 0.6 is 0 Å². The Labute approximate surface area is 166 Å². The lowest BCUT2D eigenvalue weighted by Crippen LogP contribution is -2.39. The number of nitrogens with zero attached hydrogens (tertiary/aromatic N) is 4. The van der Waals surface area contributed by atoms with E-state index in [4.69, 9.17) is 0 Å². The predicted molar refractivity (Wildman–Crippen MR) is 106 cm³/mol. The molecule has 0 aliphatic carbocycles. The molecule has 0 spiro atoms. The van der Waals surface area contributed by atoms with Gasteiger partial charge in [-0.15, -0.1) is 10.2 Å². The number of rotatable bonds is 6. The topological polar surface area (TPSA) is 66.6 Å². The van der Waals surface area contributed by atoms with Crippen LogP contribution in [0.5, 0.6) is 0 Å². The van der Waals surface area contributed by atoms with Crippen LogP contribution in [0.25, 0.3) is 5.65 Å². The SMILES string of the molecule is CN=C(NCCCc1nnc2ccccn12)NC(C)c1cccc(C(F)(F)F)c1. The van der Waals surface area contributed by atoms with Gasteiger partial charge in [0.15, 0.2) is 11.6 Å². The summed E-state index contributed by atoms with van der Waals surface area (Å²) in [4.78, 5) is 4.15. The van der Waals surface area contributed by atoms with Gasteiger partial charge in [0.2, 0.25) is 0 Å². The molecule has 1 unspecified atom stereocenters. The summed E-state index contributed by atoms with van der Waals surface area (Å²) < 4.78 is 40.7. The van der Waals surface area contributed by atoms with Crippen LogP contribution in [-0.2, 0) is 12.6 Å². The molecule has 3 rings (SSSR count). The van der Waals surface area contributed by atoms with E-state index in [1.807, 2.05) is 28.8 Å². The molecular weight excluding hydrogens is 381 g/mol. The summed E-state index contributed by atoms with van der Waals surface area (Å²) in [7, 11) is 1.63. The van der Waals surface area contributed by atoms with E-state index in [0.717, 1.165) is 36.4 Å². The van der Waals surface area contributed by atoms with Crippen molar-refractivity contribution in [3.63, 3.8) is 0 Å². The zero-order chi connectivity index (χ0) is 20.9. The number of pyridine rings is 1. The molecule has 29 heavy (non-hydrogen) atoms. The van der Waals surface area contributed by atoms with Crippen molar-refractivity contribution >= 4 is 11.6 Å². The smallest absolute Gasteiger partial charge is 0.356 e. The summed E-state index contributed by atoms with van der Waals surface area (Å²) in [6.07, 6.45) is -0.899. The second-order valence-corrected chi connectivity index (χ2v) is 6.64. The van der Waals surface area contributed by atoms with E-state index < -0.39 is 11.7 Å². The van der Waals surface area contributed by atoms with Gasteiger partial charge in [-0.1, -0.05) is 18.2 Å². The highest BCUT2D eigenvalue weighted by molar-refractivity contribution is 5.80. The van der Waals surface area contributed by atoms with Crippen molar-refractivity contribution in [2.75, 3.05) is 13.6 Å². The zero-order valence-electron chi connectivity index (χ0n) is 16.2. The first-order valence-corrected chi connectivity index (χ1v) is 9.31. The maximum absolute atomic E-state index is 12.9. The lowest BCUT2D eigenvalue weighted by Gasteiger charge is -2.19. The minimum Gasteiger partial charge on any atom is -0.356 e. The minimum absolute atomic E-state index is 0.330. The van der Waals surface area contributed by atoms with Crippen LogP contribution in [0.3, 0.4) is 0 Å². The number of guanidine groups is 1. The van der Waals surface area contributed by atoms with Crippen molar-refractivity contribution in [2.24, 2.45) is 4.99 Å². The molecule has 0 aliphatic heterocycles. The Morgan fingerprint density at radius 3 is 2.76 bits per heavy atom. The standard InChI is InChI=1S/C20H23F3N6/c1-14(15-7-5-8-16(13-15)20(21,22)23)26-19(24-2)25-11-6-10-18-28-27-17-9-3-4-12-29(17)18/h3-5,7-9,12-14H,6,10-11H2,1-2H3,(H2,24,25,26). The summed E-state index contributed by atoms with van der Waals surface area (Å²) in [5.41, 5.74) is 0.688. The second-order valence-electron chi connectivity index (χ2n) is 6.64. The number of benzene rings is 1. The highest BCUT2D eigenvalue weighted by Crippen LogP contribution is 2.30. The Morgan fingerprint density at radius 2 is 2.00 bits per heavy atom. The molecule has 2 aromatic heterocycles. The minimum atomic E-state index is -4.36. The number of aryl methyl sites for hydroxylation is 1. The Bertz CT molecular complexity index is 980. The molecule has 3 aromatic rings. The summed E-state index contributed by atoms with van der Waals surface area (Å²) in [6, 6.07) is 10.7. The Morgan fingerprint density at radius 1 is 1.17 bits per heavy atom. The first kappa shape index (κ1) is 20.6. The molecule has 9 heteroatoms. The van der Waals surface area contributed by atoms with Crippen molar-refractivity contribution < 1.29 is 13.2 Å². The van der Waals surface area contributed by atoms with Crippen LogP contribution in [0, 0.1) is 0 Å². The number of hydrogen-bond acceptors (Lipinski definition) is 3.